The Morgan fingerprint density at radius 1 is 1.10 bits per heavy atom. The van der Waals surface area contributed by atoms with Crippen LogP contribution < -0.4 is 0 Å². The lowest BCUT2D eigenvalue weighted by Crippen LogP contribution is -2.50. The Labute approximate surface area is 135 Å². The molecule has 7 unspecified atom stereocenters. The highest BCUT2D eigenvalue weighted by molar-refractivity contribution is 7.81. The molecule has 4 aliphatic carbocycles. The SMILES string of the molecule is CC12CCC(O)CC1=CCC1C2CCC2(C)C(S)CCC12. The van der Waals surface area contributed by atoms with Gasteiger partial charge >= 0.3 is 0 Å². The maximum atomic E-state index is 10.0. The maximum Gasteiger partial charge on any atom is 0.0577 e. The Bertz CT molecular complexity index is 472. The van der Waals surface area contributed by atoms with Gasteiger partial charge in [-0.2, -0.15) is 12.6 Å². The van der Waals surface area contributed by atoms with Gasteiger partial charge < -0.3 is 5.11 Å². The van der Waals surface area contributed by atoms with Crippen LogP contribution >= 0.6 is 12.6 Å². The van der Waals surface area contributed by atoms with Crippen molar-refractivity contribution in [2.45, 2.75) is 76.6 Å². The molecule has 21 heavy (non-hydrogen) atoms. The van der Waals surface area contributed by atoms with Gasteiger partial charge in [0, 0.05) is 5.25 Å². The summed E-state index contributed by atoms with van der Waals surface area (Å²) in [6.45, 7) is 5.03. The zero-order chi connectivity index (χ0) is 14.8. The Hall–Kier alpha value is 0.0500. The number of rotatable bonds is 0. The summed E-state index contributed by atoms with van der Waals surface area (Å²) in [5.41, 5.74) is 2.46. The van der Waals surface area contributed by atoms with E-state index in [-0.39, 0.29) is 6.10 Å². The molecule has 3 saturated carbocycles. The summed E-state index contributed by atoms with van der Waals surface area (Å²) >= 11 is 4.93. The molecule has 118 valence electrons. The molecule has 0 radical (unpaired) electrons. The average Bonchev–Trinajstić information content (AvgIpc) is 2.76. The monoisotopic (exact) mass is 306 g/mol. The standard InChI is InChI=1S/C19H30OS/c1-18-9-7-13(20)11-12(18)3-4-14-15-5-6-17(21)19(15,2)10-8-16(14)18/h3,13-17,20-21H,4-11H2,1-2H3. The smallest absolute Gasteiger partial charge is 0.0577 e. The van der Waals surface area contributed by atoms with Gasteiger partial charge in [-0.1, -0.05) is 25.5 Å². The van der Waals surface area contributed by atoms with E-state index in [1.165, 1.54) is 38.5 Å². The number of fused-ring (bicyclic) bond motifs is 5. The normalized spacial score (nSPS) is 56.2. The van der Waals surface area contributed by atoms with Crippen molar-refractivity contribution >= 4 is 12.6 Å². The molecule has 7 atom stereocenters. The molecule has 1 nitrogen and oxygen atoms in total. The van der Waals surface area contributed by atoms with Crippen molar-refractivity contribution < 1.29 is 5.11 Å². The van der Waals surface area contributed by atoms with E-state index in [1.54, 1.807) is 5.57 Å². The van der Waals surface area contributed by atoms with Crippen LogP contribution in [-0.4, -0.2) is 16.5 Å². The quantitative estimate of drug-likeness (QED) is 0.495. The Balaban J connectivity index is 1.68. The number of allylic oxidation sites excluding steroid dienone is 1. The van der Waals surface area contributed by atoms with Gasteiger partial charge in [0.1, 0.15) is 0 Å². The van der Waals surface area contributed by atoms with Crippen LogP contribution in [0.1, 0.15) is 65.2 Å². The first-order valence-corrected chi connectivity index (χ1v) is 9.52. The van der Waals surface area contributed by atoms with E-state index in [4.69, 9.17) is 12.6 Å². The minimum absolute atomic E-state index is 0.0805. The Morgan fingerprint density at radius 2 is 1.90 bits per heavy atom. The highest BCUT2D eigenvalue weighted by Crippen LogP contribution is 2.65. The Morgan fingerprint density at radius 3 is 2.71 bits per heavy atom. The number of thiol groups is 1. The minimum atomic E-state index is -0.0805. The average molecular weight is 307 g/mol. The largest absolute Gasteiger partial charge is 0.393 e. The Kier molecular flexibility index (Phi) is 3.32. The zero-order valence-electron chi connectivity index (χ0n) is 13.5. The van der Waals surface area contributed by atoms with E-state index in [9.17, 15) is 5.11 Å². The van der Waals surface area contributed by atoms with Crippen LogP contribution in [0, 0.1) is 28.6 Å². The molecule has 0 aromatic carbocycles. The first kappa shape index (κ1) is 14.6. The van der Waals surface area contributed by atoms with Crippen LogP contribution in [0.2, 0.25) is 0 Å². The summed E-state index contributed by atoms with van der Waals surface area (Å²) in [5.74, 6) is 2.63. The van der Waals surface area contributed by atoms with E-state index < -0.39 is 0 Å². The molecule has 2 heteroatoms. The number of aliphatic hydroxyl groups is 1. The second-order valence-electron chi connectivity index (χ2n) is 8.79. The molecule has 4 rings (SSSR count). The van der Waals surface area contributed by atoms with Crippen molar-refractivity contribution in [3.8, 4) is 0 Å². The van der Waals surface area contributed by atoms with Gasteiger partial charge in [0.15, 0.2) is 0 Å². The van der Waals surface area contributed by atoms with Gasteiger partial charge in [-0.25, -0.2) is 0 Å². The van der Waals surface area contributed by atoms with Crippen molar-refractivity contribution in [2.24, 2.45) is 28.6 Å². The summed E-state index contributed by atoms with van der Waals surface area (Å²) in [5, 5.41) is 10.7. The molecule has 3 fully saturated rings. The van der Waals surface area contributed by atoms with Crippen molar-refractivity contribution in [1.29, 1.82) is 0 Å². The van der Waals surface area contributed by atoms with Crippen LogP contribution in [-0.2, 0) is 0 Å². The van der Waals surface area contributed by atoms with Crippen LogP contribution in [0.4, 0.5) is 0 Å². The molecule has 0 aromatic heterocycles. The minimum Gasteiger partial charge on any atom is -0.393 e. The molecule has 1 N–H and O–H groups in total. The van der Waals surface area contributed by atoms with E-state index in [0.29, 0.717) is 16.1 Å². The summed E-state index contributed by atoms with van der Waals surface area (Å²) < 4.78 is 0. The van der Waals surface area contributed by atoms with Gasteiger partial charge in [-0.3, -0.25) is 0 Å². The van der Waals surface area contributed by atoms with Gasteiger partial charge in [0.2, 0.25) is 0 Å². The predicted octanol–water partition coefficient (Wildman–Crippen LogP) is 4.61. The zero-order valence-corrected chi connectivity index (χ0v) is 14.4. The van der Waals surface area contributed by atoms with Gasteiger partial charge in [-0.15, -0.1) is 0 Å². The molecule has 0 bridgehead atoms. The third-order valence-electron chi connectivity index (χ3n) is 8.03. The van der Waals surface area contributed by atoms with E-state index >= 15 is 0 Å². The van der Waals surface area contributed by atoms with Crippen LogP contribution in [0.25, 0.3) is 0 Å². The fraction of sp³-hybridized carbons (Fsp3) is 0.895. The second-order valence-corrected chi connectivity index (χ2v) is 9.42. The third-order valence-corrected chi connectivity index (χ3v) is 8.88. The van der Waals surface area contributed by atoms with Crippen molar-refractivity contribution in [3.05, 3.63) is 11.6 Å². The topological polar surface area (TPSA) is 20.2 Å². The highest BCUT2D eigenvalue weighted by Gasteiger charge is 2.57. The maximum absolute atomic E-state index is 10.0. The fourth-order valence-electron chi connectivity index (χ4n) is 6.61. The van der Waals surface area contributed by atoms with Crippen LogP contribution in [0.5, 0.6) is 0 Å². The molecule has 0 heterocycles. The summed E-state index contributed by atoms with van der Waals surface area (Å²) in [7, 11) is 0. The van der Waals surface area contributed by atoms with Crippen molar-refractivity contribution in [2.75, 3.05) is 0 Å². The lowest BCUT2D eigenvalue weighted by molar-refractivity contribution is -0.0345. The van der Waals surface area contributed by atoms with Crippen LogP contribution in [0.3, 0.4) is 0 Å². The lowest BCUT2D eigenvalue weighted by Gasteiger charge is -2.57. The summed E-state index contributed by atoms with van der Waals surface area (Å²) in [4.78, 5) is 0. The van der Waals surface area contributed by atoms with Gasteiger partial charge in [-0.05, 0) is 80.0 Å². The van der Waals surface area contributed by atoms with E-state index in [1.807, 2.05) is 0 Å². The lowest BCUT2D eigenvalue weighted by atomic mass is 9.48. The van der Waals surface area contributed by atoms with Crippen molar-refractivity contribution in [1.82, 2.24) is 0 Å². The van der Waals surface area contributed by atoms with E-state index in [2.05, 4.69) is 19.9 Å². The summed E-state index contributed by atoms with van der Waals surface area (Å²) in [6, 6.07) is 0. The molecular formula is C19H30OS. The molecule has 0 spiro atoms. The first-order valence-electron chi connectivity index (χ1n) is 9.01. The molecule has 4 aliphatic rings. The van der Waals surface area contributed by atoms with Crippen molar-refractivity contribution in [3.63, 3.8) is 0 Å². The molecule has 0 amide bonds. The third kappa shape index (κ3) is 1.94. The first-order chi connectivity index (χ1) is 9.95. The fourth-order valence-corrected chi connectivity index (χ4v) is 7.08. The molecule has 0 saturated heterocycles. The highest BCUT2D eigenvalue weighted by atomic mass is 32.1. The van der Waals surface area contributed by atoms with Gasteiger partial charge in [0.05, 0.1) is 6.10 Å². The number of hydrogen-bond donors (Lipinski definition) is 2. The molecule has 0 aliphatic heterocycles. The van der Waals surface area contributed by atoms with Crippen LogP contribution in [0.15, 0.2) is 11.6 Å². The second kappa shape index (κ2) is 4.77. The summed E-state index contributed by atoms with van der Waals surface area (Å²) in [6.07, 6.45) is 12.3. The number of hydrogen-bond acceptors (Lipinski definition) is 2. The van der Waals surface area contributed by atoms with Gasteiger partial charge in [0.25, 0.3) is 0 Å². The number of aliphatic hydroxyl groups excluding tert-OH is 1. The van der Waals surface area contributed by atoms with E-state index in [0.717, 1.165) is 30.6 Å². The molecule has 0 aromatic rings. The molecular weight excluding hydrogens is 276 g/mol. The predicted molar refractivity (Wildman–Crippen MR) is 90.5 cm³/mol.